The summed E-state index contributed by atoms with van der Waals surface area (Å²) in [5, 5.41) is 0. The van der Waals surface area contributed by atoms with Crippen molar-refractivity contribution in [2.75, 3.05) is 0 Å². The van der Waals surface area contributed by atoms with E-state index in [1.807, 2.05) is 13.8 Å². The normalized spacial score (nSPS) is 14.4. The maximum absolute atomic E-state index is 2.23. The van der Waals surface area contributed by atoms with Crippen molar-refractivity contribution in [2.45, 2.75) is 40.0 Å². The van der Waals surface area contributed by atoms with Crippen LogP contribution >= 0.6 is 0 Å². The lowest BCUT2D eigenvalue weighted by Crippen LogP contribution is -1.78. The maximum Gasteiger partial charge on any atom is -0.0133 e. The highest BCUT2D eigenvalue weighted by molar-refractivity contribution is 5.22. The molecule has 0 amide bonds. The van der Waals surface area contributed by atoms with Crippen LogP contribution in [0.15, 0.2) is 36.0 Å². The molecule has 0 aromatic carbocycles. The first kappa shape index (κ1) is 11.2. The van der Waals surface area contributed by atoms with Gasteiger partial charge in [-0.15, -0.1) is 0 Å². The smallest absolute Gasteiger partial charge is 0.0133 e. The monoisotopic (exact) mass is 164 g/mol. The molecule has 0 aromatic heterocycles. The number of hydrogen-bond donors (Lipinski definition) is 0. The molecule has 1 aliphatic rings. The van der Waals surface area contributed by atoms with Crippen molar-refractivity contribution in [3.8, 4) is 0 Å². The molecule has 0 N–H and O–H groups in total. The number of allylic oxidation sites excluding steroid dienone is 6. The summed E-state index contributed by atoms with van der Waals surface area (Å²) in [5.74, 6) is 0. The fourth-order valence-electron chi connectivity index (χ4n) is 1.13. The summed E-state index contributed by atoms with van der Waals surface area (Å²) in [7, 11) is 0. The Labute approximate surface area is 76.7 Å². The van der Waals surface area contributed by atoms with Crippen LogP contribution in [0.2, 0.25) is 0 Å². The van der Waals surface area contributed by atoms with Gasteiger partial charge in [-0.2, -0.15) is 0 Å². The molecule has 0 aromatic rings. The second kappa shape index (κ2) is 8.32. The molecule has 0 atom stereocenters. The predicted octanol–water partition coefficient (Wildman–Crippen LogP) is 4.26. The first-order valence-electron chi connectivity index (χ1n) is 4.94. The first-order valence-corrected chi connectivity index (χ1v) is 4.94. The molecule has 0 saturated carbocycles. The quantitative estimate of drug-likeness (QED) is 0.572. The van der Waals surface area contributed by atoms with Gasteiger partial charge in [-0.3, -0.25) is 0 Å². The Bertz CT molecular complexity index is 170. The zero-order valence-electron chi connectivity index (χ0n) is 8.51. The minimum Gasteiger partial charge on any atom is -0.0805 e. The van der Waals surface area contributed by atoms with Gasteiger partial charge in [0.2, 0.25) is 0 Å². The second-order valence-electron chi connectivity index (χ2n) is 2.59. The average Bonchev–Trinajstić information content (AvgIpc) is 2.37. The fraction of sp³-hybridized carbons (Fsp3) is 0.500. The molecular weight excluding hydrogens is 144 g/mol. The van der Waals surface area contributed by atoms with Crippen LogP contribution in [-0.4, -0.2) is 0 Å². The van der Waals surface area contributed by atoms with Crippen molar-refractivity contribution in [3.05, 3.63) is 36.0 Å². The molecule has 0 bridgehead atoms. The van der Waals surface area contributed by atoms with Crippen molar-refractivity contribution in [3.63, 3.8) is 0 Å². The largest absolute Gasteiger partial charge is 0.0805 e. The van der Waals surface area contributed by atoms with Crippen molar-refractivity contribution < 1.29 is 0 Å². The summed E-state index contributed by atoms with van der Waals surface area (Å²) in [5.41, 5.74) is 1.55. The Balaban J connectivity index is 0.000000561. The third-order valence-electron chi connectivity index (χ3n) is 1.64. The van der Waals surface area contributed by atoms with E-state index in [1.54, 1.807) is 5.57 Å². The zero-order valence-corrected chi connectivity index (χ0v) is 8.51. The van der Waals surface area contributed by atoms with Crippen LogP contribution in [0.3, 0.4) is 0 Å². The third-order valence-corrected chi connectivity index (χ3v) is 1.64. The Kier molecular flexibility index (Phi) is 7.78. The fourth-order valence-corrected chi connectivity index (χ4v) is 1.13. The van der Waals surface area contributed by atoms with Crippen LogP contribution in [0.25, 0.3) is 0 Å². The molecule has 0 aliphatic heterocycles. The van der Waals surface area contributed by atoms with Gasteiger partial charge >= 0.3 is 0 Å². The molecule has 0 saturated heterocycles. The first-order chi connectivity index (χ1) is 5.93. The van der Waals surface area contributed by atoms with Gasteiger partial charge in [0.15, 0.2) is 0 Å². The minimum atomic E-state index is 1.14. The average molecular weight is 164 g/mol. The van der Waals surface area contributed by atoms with Crippen molar-refractivity contribution in [2.24, 2.45) is 0 Å². The van der Waals surface area contributed by atoms with Crippen LogP contribution < -0.4 is 0 Å². The van der Waals surface area contributed by atoms with Gasteiger partial charge in [0, 0.05) is 0 Å². The van der Waals surface area contributed by atoms with Gasteiger partial charge in [0.1, 0.15) is 0 Å². The van der Waals surface area contributed by atoms with E-state index in [9.17, 15) is 0 Å². The van der Waals surface area contributed by atoms with E-state index in [0.717, 1.165) is 6.42 Å². The molecule has 12 heavy (non-hydrogen) atoms. The minimum absolute atomic E-state index is 1.14. The van der Waals surface area contributed by atoms with Gasteiger partial charge in [0.05, 0.1) is 0 Å². The molecule has 0 unspecified atom stereocenters. The summed E-state index contributed by atoms with van der Waals surface area (Å²) < 4.78 is 0. The van der Waals surface area contributed by atoms with Gasteiger partial charge in [-0.25, -0.2) is 0 Å². The van der Waals surface area contributed by atoms with Crippen molar-refractivity contribution in [1.82, 2.24) is 0 Å². The third kappa shape index (κ3) is 4.95. The van der Waals surface area contributed by atoms with E-state index in [-0.39, 0.29) is 0 Å². The zero-order chi connectivity index (χ0) is 9.23. The predicted molar refractivity (Wildman–Crippen MR) is 57.2 cm³/mol. The lowest BCUT2D eigenvalue weighted by molar-refractivity contribution is 0.881. The van der Waals surface area contributed by atoms with Crippen molar-refractivity contribution in [1.29, 1.82) is 0 Å². The molecule has 0 fully saturated rings. The molecule has 0 radical (unpaired) electrons. The highest BCUT2D eigenvalue weighted by Crippen LogP contribution is 2.12. The van der Waals surface area contributed by atoms with Crippen LogP contribution in [0, 0.1) is 0 Å². The molecule has 0 nitrogen and oxygen atoms in total. The maximum atomic E-state index is 2.23. The lowest BCUT2D eigenvalue weighted by atomic mass is 10.1. The Morgan fingerprint density at radius 2 is 1.92 bits per heavy atom. The summed E-state index contributed by atoms with van der Waals surface area (Å²) in [4.78, 5) is 0. The molecule has 0 heteroatoms. The van der Waals surface area contributed by atoms with Crippen LogP contribution in [0.4, 0.5) is 0 Å². The number of rotatable bonds is 2. The number of hydrogen-bond acceptors (Lipinski definition) is 0. The molecule has 68 valence electrons. The summed E-state index contributed by atoms with van der Waals surface area (Å²) in [6, 6.07) is 0. The van der Waals surface area contributed by atoms with E-state index in [0.29, 0.717) is 0 Å². The lowest BCUT2D eigenvalue weighted by Gasteiger charge is -1.98. The van der Waals surface area contributed by atoms with Crippen LogP contribution in [0.5, 0.6) is 0 Å². The Morgan fingerprint density at radius 1 is 1.17 bits per heavy atom. The topological polar surface area (TPSA) is 0 Å². The molecule has 1 rings (SSSR count). The van der Waals surface area contributed by atoms with Gasteiger partial charge in [-0.1, -0.05) is 63.1 Å². The highest BCUT2D eigenvalue weighted by atomic mass is 14.0. The molecule has 1 aliphatic carbocycles. The summed E-state index contributed by atoms with van der Waals surface area (Å²) in [6.07, 6.45) is 14.4. The standard InChI is InChI=1S/C10H14.C2H6/c1-2-7-10-8-5-3-4-6-9-10;1-2/h3-6,8H,2,7,9H2,1H3;1-2H3. The summed E-state index contributed by atoms with van der Waals surface area (Å²) in [6.45, 7) is 6.22. The highest BCUT2D eigenvalue weighted by Gasteiger charge is 1.92. The Morgan fingerprint density at radius 3 is 2.58 bits per heavy atom. The van der Waals surface area contributed by atoms with E-state index in [1.165, 1.54) is 12.8 Å². The van der Waals surface area contributed by atoms with Gasteiger partial charge in [0.25, 0.3) is 0 Å². The van der Waals surface area contributed by atoms with E-state index in [2.05, 4.69) is 37.3 Å². The molecular formula is C12H20. The van der Waals surface area contributed by atoms with E-state index in [4.69, 9.17) is 0 Å². The molecule has 0 heterocycles. The van der Waals surface area contributed by atoms with Gasteiger partial charge < -0.3 is 0 Å². The van der Waals surface area contributed by atoms with Crippen LogP contribution in [-0.2, 0) is 0 Å². The van der Waals surface area contributed by atoms with Crippen molar-refractivity contribution >= 4 is 0 Å². The SMILES string of the molecule is CC.CCCC1=CC=CC=CC1. The van der Waals surface area contributed by atoms with Gasteiger partial charge in [-0.05, 0) is 12.8 Å². The van der Waals surface area contributed by atoms with E-state index < -0.39 is 0 Å². The summed E-state index contributed by atoms with van der Waals surface area (Å²) >= 11 is 0. The Hall–Kier alpha value is -0.780. The second-order valence-corrected chi connectivity index (χ2v) is 2.59. The van der Waals surface area contributed by atoms with Crippen LogP contribution in [0.1, 0.15) is 40.0 Å². The molecule has 0 spiro atoms. The van der Waals surface area contributed by atoms with E-state index >= 15 is 0 Å².